The zero-order chi connectivity index (χ0) is 20.3. The van der Waals surface area contributed by atoms with Gasteiger partial charge in [-0.25, -0.2) is 0 Å². The molecule has 3 atom stereocenters. The van der Waals surface area contributed by atoms with Crippen LogP contribution >= 0.6 is 0 Å². The summed E-state index contributed by atoms with van der Waals surface area (Å²) in [7, 11) is 1.66. The Morgan fingerprint density at radius 3 is 2.83 bits per heavy atom. The van der Waals surface area contributed by atoms with Crippen molar-refractivity contribution < 1.29 is 19.1 Å². The third-order valence-electron chi connectivity index (χ3n) is 6.52. The number of fused-ring (bicyclic) bond motifs is 1. The molecule has 2 fully saturated rings. The number of furan rings is 1. The second-order valence-corrected chi connectivity index (χ2v) is 8.25. The Morgan fingerprint density at radius 2 is 2.10 bits per heavy atom. The predicted molar refractivity (Wildman–Crippen MR) is 109 cm³/mol. The first-order valence-electron chi connectivity index (χ1n) is 10.5. The number of ether oxygens (including phenoxy) is 1. The van der Waals surface area contributed by atoms with Crippen molar-refractivity contribution in [3.63, 3.8) is 0 Å². The maximum Gasteiger partial charge on any atom is 0.234 e. The van der Waals surface area contributed by atoms with Gasteiger partial charge in [-0.15, -0.1) is 0 Å². The van der Waals surface area contributed by atoms with Gasteiger partial charge >= 0.3 is 0 Å². The molecule has 6 nitrogen and oxygen atoms in total. The van der Waals surface area contributed by atoms with E-state index >= 15 is 0 Å². The fourth-order valence-electron chi connectivity index (χ4n) is 5.00. The number of piperidine rings is 1. The number of benzene rings is 1. The fourth-order valence-corrected chi connectivity index (χ4v) is 5.00. The Labute approximate surface area is 171 Å². The van der Waals surface area contributed by atoms with E-state index < -0.39 is 5.60 Å². The molecule has 0 bridgehead atoms. The maximum absolute atomic E-state index is 12.6. The lowest BCUT2D eigenvalue weighted by Gasteiger charge is -2.52. The molecule has 0 unspecified atom stereocenters. The normalized spacial score (nSPS) is 27.2. The molecule has 1 aliphatic heterocycles. The third-order valence-corrected chi connectivity index (χ3v) is 6.52. The minimum absolute atomic E-state index is 0.0225. The van der Waals surface area contributed by atoms with Gasteiger partial charge in [-0.05, 0) is 49.1 Å². The molecule has 2 aliphatic rings. The van der Waals surface area contributed by atoms with Gasteiger partial charge in [0.05, 0.1) is 32.1 Å². The quantitative estimate of drug-likeness (QED) is 0.781. The highest BCUT2D eigenvalue weighted by Gasteiger charge is 2.49. The van der Waals surface area contributed by atoms with Gasteiger partial charge in [0.25, 0.3) is 0 Å². The van der Waals surface area contributed by atoms with Crippen molar-refractivity contribution in [3.05, 3.63) is 54.0 Å². The van der Waals surface area contributed by atoms with Crippen LogP contribution in [0.15, 0.2) is 47.1 Å². The Morgan fingerprint density at radius 1 is 1.28 bits per heavy atom. The van der Waals surface area contributed by atoms with Gasteiger partial charge in [-0.1, -0.05) is 25.0 Å². The Balaban J connectivity index is 1.52. The van der Waals surface area contributed by atoms with E-state index in [2.05, 4.69) is 22.3 Å². The minimum atomic E-state index is -0.635. The summed E-state index contributed by atoms with van der Waals surface area (Å²) in [4.78, 5) is 14.9. The van der Waals surface area contributed by atoms with E-state index in [9.17, 15) is 9.90 Å². The first-order chi connectivity index (χ1) is 14.1. The number of rotatable bonds is 6. The van der Waals surface area contributed by atoms with Crippen LogP contribution < -0.4 is 10.1 Å². The highest BCUT2D eigenvalue weighted by atomic mass is 16.5. The summed E-state index contributed by atoms with van der Waals surface area (Å²) in [6, 6.07) is 11.7. The number of methoxy groups -OCH3 is 1. The molecule has 1 saturated heterocycles. The smallest absolute Gasteiger partial charge is 0.234 e. The number of hydrogen-bond donors (Lipinski definition) is 2. The average molecular weight is 399 g/mol. The zero-order valence-electron chi connectivity index (χ0n) is 17.0. The van der Waals surface area contributed by atoms with Gasteiger partial charge < -0.3 is 19.6 Å². The lowest BCUT2D eigenvalue weighted by Crippen LogP contribution is -2.56. The molecule has 1 saturated carbocycles. The predicted octanol–water partition coefficient (Wildman–Crippen LogP) is 3.27. The SMILES string of the molecule is COc1ccc([C@@H]2[C@@H]3CCCC[C@@]3(O)CCN2CC(=O)NCc2ccco2)cc1. The number of likely N-dealkylation sites (tertiary alicyclic amines) is 1. The van der Waals surface area contributed by atoms with Crippen molar-refractivity contribution in [1.82, 2.24) is 10.2 Å². The molecule has 6 heteroatoms. The summed E-state index contributed by atoms with van der Waals surface area (Å²) in [6.45, 7) is 1.40. The molecule has 156 valence electrons. The molecule has 0 radical (unpaired) electrons. The summed E-state index contributed by atoms with van der Waals surface area (Å²) in [5.74, 6) is 1.66. The van der Waals surface area contributed by atoms with E-state index in [1.165, 1.54) is 0 Å². The molecule has 0 spiro atoms. The number of carbonyl (C=O) groups is 1. The van der Waals surface area contributed by atoms with Crippen LogP contribution in [0.2, 0.25) is 0 Å². The highest BCUT2D eigenvalue weighted by molar-refractivity contribution is 5.78. The first-order valence-corrected chi connectivity index (χ1v) is 10.5. The lowest BCUT2D eigenvalue weighted by atomic mass is 9.66. The van der Waals surface area contributed by atoms with Crippen LogP contribution in [-0.4, -0.2) is 41.7 Å². The fraction of sp³-hybridized carbons (Fsp3) is 0.522. The summed E-state index contributed by atoms with van der Waals surface area (Å²) >= 11 is 0. The number of carbonyl (C=O) groups excluding carboxylic acids is 1. The van der Waals surface area contributed by atoms with Gasteiger partial charge in [-0.3, -0.25) is 9.69 Å². The molecule has 2 heterocycles. The van der Waals surface area contributed by atoms with Crippen LogP contribution in [0.25, 0.3) is 0 Å². The molecule has 2 aromatic rings. The summed E-state index contributed by atoms with van der Waals surface area (Å²) in [5.41, 5.74) is 0.499. The Kier molecular flexibility index (Phi) is 5.92. The standard InChI is InChI=1S/C23H30N2O4/c1-28-18-9-7-17(8-10-18)22-20-6-2-3-11-23(20,27)12-13-25(22)16-21(26)24-15-19-5-4-14-29-19/h4-5,7-10,14,20,22,27H,2-3,6,11-13,15-16H2,1H3,(H,24,26)/t20-,22+,23+/m0/s1. The molecule has 4 rings (SSSR count). The maximum atomic E-state index is 12.6. The Bertz CT molecular complexity index is 805. The van der Waals surface area contributed by atoms with E-state index in [4.69, 9.17) is 9.15 Å². The van der Waals surface area contributed by atoms with Crippen molar-refractivity contribution in [2.75, 3.05) is 20.2 Å². The van der Waals surface area contributed by atoms with E-state index in [0.717, 1.165) is 49.2 Å². The third kappa shape index (κ3) is 4.33. The summed E-state index contributed by atoms with van der Waals surface area (Å²) in [6.07, 6.45) is 6.36. The molecular weight excluding hydrogens is 368 g/mol. The molecule has 29 heavy (non-hydrogen) atoms. The largest absolute Gasteiger partial charge is 0.497 e. The van der Waals surface area contributed by atoms with E-state index in [1.807, 2.05) is 24.3 Å². The van der Waals surface area contributed by atoms with E-state index in [1.54, 1.807) is 13.4 Å². The second kappa shape index (κ2) is 8.59. The monoisotopic (exact) mass is 398 g/mol. The number of amides is 1. The van der Waals surface area contributed by atoms with Crippen molar-refractivity contribution >= 4 is 5.91 Å². The van der Waals surface area contributed by atoms with Crippen molar-refractivity contribution in [3.8, 4) is 5.75 Å². The lowest BCUT2D eigenvalue weighted by molar-refractivity contribution is -0.138. The molecule has 1 aromatic heterocycles. The molecule has 1 aliphatic carbocycles. The van der Waals surface area contributed by atoms with Gasteiger partial charge in [0, 0.05) is 18.5 Å². The van der Waals surface area contributed by atoms with Gasteiger partial charge in [0.1, 0.15) is 11.5 Å². The minimum Gasteiger partial charge on any atom is -0.497 e. The van der Waals surface area contributed by atoms with Gasteiger partial charge in [-0.2, -0.15) is 0 Å². The average Bonchev–Trinajstić information content (AvgIpc) is 3.26. The summed E-state index contributed by atoms with van der Waals surface area (Å²) < 4.78 is 10.6. The van der Waals surface area contributed by atoms with E-state index in [-0.39, 0.29) is 17.9 Å². The number of aliphatic hydroxyl groups is 1. The molecular formula is C23H30N2O4. The van der Waals surface area contributed by atoms with E-state index in [0.29, 0.717) is 19.6 Å². The molecule has 1 amide bonds. The van der Waals surface area contributed by atoms with Crippen LogP contribution in [0.1, 0.15) is 49.5 Å². The summed E-state index contributed by atoms with van der Waals surface area (Å²) in [5, 5.41) is 14.3. The van der Waals surface area contributed by atoms with Crippen molar-refractivity contribution in [1.29, 1.82) is 0 Å². The van der Waals surface area contributed by atoms with Crippen LogP contribution in [0.5, 0.6) is 5.75 Å². The van der Waals surface area contributed by atoms with Crippen molar-refractivity contribution in [2.24, 2.45) is 5.92 Å². The van der Waals surface area contributed by atoms with Crippen molar-refractivity contribution in [2.45, 2.75) is 50.3 Å². The molecule has 1 aromatic carbocycles. The van der Waals surface area contributed by atoms with Crippen LogP contribution in [0, 0.1) is 5.92 Å². The van der Waals surface area contributed by atoms with Gasteiger partial charge in [0.15, 0.2) is 0 Å². The number of hydrogen-bond acceptors (Lipinski definition) is 5. The van der Waals surface area contributed by atoms with Gasteiger partial charge in [0.2, 0.25) is 5.91 Å². The Hall–Kier alpha value is -2.31. The number of nitrogens with zero attached hydrogens (tertiary/aromatic N) is 1. The molecule has 2 N–H and O–H groups in total. The van der Waals surface area contributed by atoms with Crippen LogP contribution in [0.4, 0.5) is 0 Å². The van der Waals surface area contributed by atoms with Crippen LogP contribution in [-0.2, 0) is 11.3 Å². The highest BCUT2D eigenvalue weighted by Crippen LogP contribution is 2.49. The number of nitrogens with one attached hydrogen (secondary N) is 1. The van der Waals surface area contributed by atoms with Crippen LogP contribution in [0.3, 0.4) is 0 Å². The topological polar surface area (TPSA) is 74.9 Å². The zero-order valence-corrected chi connectivity index (χ0v) is 17.0. The second-order valence-electron chi connectivity index (χ2n) is 8.25. The first kappa shape index (κ1) is 20.0.